The molecule has 0 spiro atoms. The lowest BCUT2D eigenvalue weighted by Gasteiger charge is -2.26. The molecule has 1 fully saturated rings. The van der Waals surface area contributed by atoms with E-state index >= 15 is 0 Å². The van der Waals surface area contributed by atoms with Gasteiger partial charge in [-0.2, -0.15) is 0 Å². The van der Waals surface area contributed by atoms with E-state index in [1.165, 1.54) is 44.9 Å². The van der Waals surface area contributed by atoms with Crippen LogP contribution in [0.4, 0.5) is 0 Å². The lowest BCUT2D eigenvalue weighted by Crippen LogP contribution is -2.12. The molecule has 0 aromatic heterocycles. The average Bonchev–Trinajstić information content (AvgIpc) is 2.18. The summed E-state index contributed by atoms with van der Waals surface area (Å²) in [6, 6.07) is 0. The van der Waals surface area contributed by atoms with Gasteiger partial charge in [0.15, 0.2) is 0 Å². The zero-order valence-electron chi connectivity index (χ0n) is 10.1. The minimum atomic E-state index is 1.02. The van der Waals surface area contributed by atoms with Gasteiger partial charge in [0.25, 0.3) is 0 Å². The van der Waals surface area contributed by atoms with Crippen molar-refractivity contribution in [1.29, 1.82) is 0 Å². The number of hydrogen-bond acceptors (Lipinski definition) is 0. The van der Waals surface area contributed by atoms with Crippen molar-refractivity contribution < 1.29 is 0 Å². The van der Waals surface area contributed by atoms with Crippen LogP contribution in [-0.4, -0.2) is 0 Å². The quantitative estimate of drug-likeness (QED) is 0.577. The van der Waals surface area contributed by atoms with Crippen molar-refractivity contribution in [1.82, 2.24) is 0 Å². The maximum atomic E-state index is 2.41. The van der Waals surface area contributed by atoms with Crippen LogP contribution in [-0.2, 0) is 0 Å². The predicted molar refractivity (Wildman–Crippen MR) is 62.0 cm³/mol. The zero-order valence-corrected chi connectivity index (χ0v) is 10.1. The van der Waals surface area contributed by atoms with E-state index < -0.39 is 0 Å². The molecule has 1 aliphatic rings. The third-order valence-corrected chi connectivity index (χ3v) is 3.01. The SMILES string of the molecule is CC.CCCCC1CCCC(C)C1. The molecule has 0 heteroatoms. The van der Waals surface area contributed by atoms with E-state index in [4.69, 9.17) is 0 Å². The number of unbranched alkanes of at least 4 members (excludes halogenated alkanes) is 1. The van der Waals surface area contributed by atoms with E-state index in [1.54, 1.807) is 0 Å². The Morgan fingerprint density at radius 3 is 2.38 bits per heavy atom. The first kappa shape index (κ1) is 13.0. The third kappa shape index (κ3) is 6.12. The summed E-state index contributed by atoms with van der Waals surface area (Å²) in [7, 11) is 0. The van der Waals surface area contributed by atoms with E-state index in [1.807, 2.05) is 13.8 Å². The summed E-state index contributed by atoms with van der Waals surface area (Å²) in [6.45, 7) is 8.71. The molecule has 1 rings (SSSR count). The molecule has 0 aliphatic heterocycles. The second-order valence-electron chi connectivity index (χ2n) is 4.28. The Morgan fingerprint density at radius 2 is 1.85 bits per heavy atom. The highest BCUT2D eigenvalue weighted by atomic mass is 14.2. The standard InChI is InChI=1S/C11H22.C2H6/c1-3-4-7-11-8-5-6-10(2)9-11;1-2/h10-11H,3-9H2,1-2H3;1-2H3. The zero-order chi connectivity index (χ0) is 10.1. The van der Waals surface area contributed by atoms with Gasteiger partial charge in [-0.05, 0) is 18.3 Å². The number of hydrogen-bond donors (Lipinski definition) is 0. The van der Waals surface area contributed by atoms with Crippen LogP contribution in [0.25, 0.3) is 0 Å². The van der Waals surface area contributed by atoms with Gasteiger partial charge >= 0.3 is 0 Å². The maximum absolute atomic E-state index is 2.41. The van der Waals surface area contributed by atoms with Gasteiger partial charge in [0.2, 0.25) is 0 Å². The van der Waals surface area contributed by atoms with E-state index in [0.717, 1.165) is 11.8 Å². The van der Waals surface area contributed by atoms with Crippen LogP contribution in [0.15, 0.2) is 0 Å². The Balaban J connectivity index is 0.000000671. The highest BCUT2D eigenvalue weighted by molar-refractivity contribution is 4.70. The Labute approximate surface area is 85.1 Å². The van der Waals surface area contributed by atoms with Crippen LogP contribution in [0.2, 0.25) is 0 Å². The van der Waals surface area contributed by atoms with Crippen LogP contribution in [0.5, 0.6) is 0 Å². The molecule has 0 bridgehead atoms. The molecule has 1 saturated carbocycles. The van der Waals surface area contributed by atoms with Crippen molar-refractivity contribution >= 4 is 0 Å². The van der Waals surface area contributed by atoms with Gasteiger partial charge in [-0.1, -0.05) is 66.2 Å². The van der Waals surface area contributed by atoms with Crippen molar-refractivity contribution in [2.75, 3.05) is 0 Å². The van der Waals surface area contributed by atoms with Crippen molar-refractivity contribution in [3.63, 3.8) is 0 Å². The molecule has 2 unspecified atom stereocenters. The van der Waals surface area contributed by atoms with Gasteiger partial charge in [-0.15, -0.1) is 0 Å². The average molecular weight is 184 g/mol. The van der Waals surface area contributed by atoms with Gasteiger partial charge in [0.05, 0.1) is 0 Å². The fraction of sp³-hybridized carbons (Fsp3) is 1.00. The second-order valence-corrected chi connectivity index (χ2v) is 4.28. The summed E-state index contributed by atoms with van der Waals surface area (Å²) in [5.41, 5.74) is 0. The molecule has 0 saturated heterocycles. The van der Waals surface area contributed by atoms with E-state index in [9.17, 15) is 0 Å². The molecule has 0 heterocycles. The van der Waals surface area contributed by atoms with Crippen LogP contribution >= 0.6 is 0 Å². The summed E-state index contributed by atoms with van der Waals surface area (Å²) < 4.78 is 0. The van der Waals surface area contributed by atoms with E-state index in [0.29, 0.717) is 0 Å². The first-order valence-corrected chi connectivity index (χ1v) is 6.33. The molecular formula is C13H28. The summed E-state index contributed by atoms with van der Waals surface area (Å²) in [4.78, 5) is 0. The van der Waals surface area contributed by atoms with Crippen LogP contribution < -0.4 is 0 Å². The monoisotopic (exact) mass is 184 g/mol. The van der Waals surface area contributed by atoms with Crippen LogP contribution in [0.1, 0.15) is 72.6 Å². The van der Waals surface area contributed by atoms with Crippen LogP contribution in [0.3, 0.4) is 0 Å². The van der Waals surface area contributed by atoms with Gasteiger partial charge in [0.1, 0.15) is 0 Å². The van der Waals surface area contributed by atoms with Crippen molar-refractivity contribution in [3.8, 4) is 0 Å². The minimum absolute atomic E-state index is 1.02. The molecule has 80 valence electrons. The Morgan fingerprint density at radius 1 is 1.15 bits per heavy atom. The highest BCUT2D eigenvalue weighted by Crippen LogP contribution is 2.31. The lowest BCUT2D eigenvalue weighted by atomic mass is 9.80. The first-order valence-electron chi connectivity index (χ1n) is 6.33. The third-order valence-electron chi connectivity index (χ3n) is 3.01. The molecule has 0 aromatic rings. The molecule has 0 N–H and O–H groups in total. The minimum Gasteiger partial charge on any atom is -0.0683 e. The molecular weight excluding hydrogens is 156 g/mol. The Hall–Kier alpha value is 0. The van der Waals surface area contributed by atoms with Crippen molar-refractivity contribution in [2.24, 2.45) is 11.8 Å². The summed E-state index contributed by atoms with van der Waals surface area (Å²) in [5, 5.41) is 0. The Bertz CT molecular complexity index is 96.2. The normalized spacial score (nSPS) is 27.7. The molecule has 0 aromatic carbocycles. The molecule has 13 heavy (non-hydrogen) atoms. The van der Waals surface area contributed by atoms with Gasteiger partial charge < -0.3 is 0 Å². The van der Waals surface area contributed by atoms with Crippen molar-refractivity contribution in [2.45, 2.75) is 72.6 Å². The van der Waals surface area contributed by atoms with Crippen molar-refractivity contribution in [3.05, 3.63) is 0 Å². The smallest absolute Gasteiger partial charge is 0.0412 e. The molecule has 2 atom stereocenters. The lowest BCUT2D eigenvalue weighted by molar-refractivity contribution is 0.265. The first-order chi connectivity index (χ1) is 6.33. The Kier molecular flexibility index (Phi) is 8.59. The summed E-state index contributed by atoms with van der Waals surface area (Å²) >= 11 is 0. The predicted octanol–water partition coefficient (Wildman–Crippen LogP) is 5.03. The van der Waals surface area contributed by atoms with E-state index in [-0.39, 0.29) is 0 Å². The number of rotatable bonds is 3. The second kappa shape index (κ2) is 8.59. The fourth-order valence-corrected chi connectivity index (χ4v) is 2.31. The summed E-state index contributed by atoms with van der Waals surface area (Å²) in [6.07, 6.45) is 10.4. The highest BCUT2D eigenvalue weighted by Gasteiger charge is 2.17. The van der Waals surface area contributed by atoms with Gasteiger partial charge in [-0.3, -0.25) is 0 Å². The van der Waals surface area contributed by atoms with Crippen LogP contribution in [0, 0.1) is 11.8 Å². The molecule has 0 nitrogen and oxygen atoms in total. The maximum Gasteiger partial charge on any atom is -0.0412 e. The molecule has 1 aliphatic carbocycles. The molecule has 0 amide bonds. The summed E-state index contributed by atoms with van der Waals surface area (Å²) in [5.74, 6) is 2.10. The molecule has 0 radical (unpaired) electrons. The van der Waals surface area contributed by atoms with E-state index in [2.05, 4.69) is 13.8 Å². The fourth-order valence-electron chi connectivity index (χ4n) is 2.31. The topological polar surface area (TPSA) is 0 Å². The van der Waals surface area contributed by atoms with Gasteiger partial charge in [0, 0.05) is 0 Å². The largest absolute Gasteiger partial charge is 0.0683 e. The van der Waals surface area contributed by atoms with Gasteiger partial charge in [-0.25, -0.2) is 0 Å².